The third-order valence-electron chi connectivity index (χ3n) is 4.71. The normalized spacial score (nSPS) is 21.2. The molecule has 1 aliphatic heterocycles. The maximum atomic E-state index is 13.0. The van der Waals surface area contributed by atoms with Crippen LogP contribution in [0.25, 0.3) is 0 Å². The van der Waals surface area contributed by atoms with Crippen LogP contribution in [0.3, 0.4) is 0 Å². The molecule has 2 fully saturated rings. The van der Waals surface area contributed by atoms with Gasteiger partial charge in [0.15, 0.2) is 0 Å². The molecule has 1 unspecified atom stereocenters. The van der Waals surface area contributed by atoms with Crippen LogP contribution in [-0.2, 0) is 4.79 Å². The molecule has 0 bridgehead atoms. The zero-order valence-electron chi connectivity index (χ0n) is 13.4. The smallest absolute Gasteiger partial charge is 0.274 e. The largest absolute Gasteiger partial charge is 0.354 e. The first-order valence-corrected chi connectivity index (χ1v) is 8.40. The fraction of sp³-hybridized carbons (Fsp3) is 0.389. The second kappa shape index (κ2) is 6.11. The van der Waals surface area contributed by atoms with Crippen LogP contribution >= 0.6 is 0 Å². The van der Waals surface area contributed by atoms with Gasteiger partial charge in [-0.2, -0.15) is 5.10 Å². The summed E-state index contributed by atoms with van der Waals surface area (Å²) in [4.78, 5) is 26.8. The molecule has 2 aliphatic rings. The summed E-state index contributed by atoms with van der Waals surface area (Å²) < 4.78 is 0. The standard InChI is InChI=1S/C18H20N4O2/c23-17-11-16(13-4-2-1-3-5-13)22(9-8-19-17)18(24)15-10-14(20-21-15)12-6-7-12/h1-5,10,12,16H,6-9,11H2,(H,19,23)(H,20,21). The Balaban J connectivity index is 1.63. The Morgan fingerprint density at radius 1 is 1.21 bits per heavy atom. The number of hydrogen-bond donors (Lipinski definition) is 2. The van der Waals surface area contributed by atoms with E-state index >= 15 is 0 Å². The predicted octanol–water partition coefficient (Wildman–Crippen LogP) is 1.99. The second-order valence-corrected chi connectivity index (χ2v) is 6.46. The van der Waals surface area contributed by atoms with Crippen molar-refractivity contribution in [2.45, 2.75) is 31.2 Å². The zero-order chi connectivity index (χ0) is 16.5. The molecule has 6 heteroatoms. The van der Waals surface area contributed by atoms with Gasteiger partial charge >= 0.3 is 0 Å². The molecule has 1 saturated heterocycles. The number of aromatic nitrogens is 2. The van der Waals surface area contributed by atoms with E-state index in [1.54, 1.807) is 4.90 Å². The van der Waals surface area contributed by atoms with Crippen molar-refractivity contribution in [1.29, 1.82) is 0 Å². The molecule has 2 heterocycles. The quantitative estimate of drug-likeness (QED) is 0.906. The van der Waals surface area contributed by atoms with Gasteiger partial charge < -0.3 is 10.2 Å². The molecule has 1 aromatic carbocycles. The molecule has 1 aliphatic carbocycles. The van der Waals surface area contributed by atoms with Crippen LogP contribution in [0.15, 0.2) is 36.4 Å². The van der Waals surface area contributed by atoms with Gasteiger partial charge in [0.05, 0.1) is 12.5 Å². The van der Waals surface area contributed by atoms with Crippen molar-refractivity contribution < 1.29 is 9.59 Å². The Kier molecular flexibility index (Phi) is 3.80. The molecular weight excluding hydrogens is 304 g/mol. The molecule has 2 amide bonds. The summed E-state index contributed by atoms with van der Waals surface area (Å²) in [6.45, 7) is 0.948. The van der Waals surface area contributed by atoms with Gasteiger partial charge in [0.2, 0.25) is 5.91 Å². The minimum absolute atomic E-state index is 0.0279. The molecule has 1 saturated carbocycles. The van der Waals surface area contributed by atoms with Crippen molar-refractivity contribution in [3.8, 4) is 0 Å². The summed E-state index contributed by atoms with van der Waals surface area (Å²) in [7, 11) is 0. The van der Waals surface area contributed by atoms with Gasteiger partial charge in [-0.25, -0.2) is 0 Å². The van der Waals surface area contributed by atoms with E-state index in [0.717, 1.165) is 24.1 Å². The molecule has 0 radical (unpaired) electrons. The van der Waals surface area contributed by atoms with Crippen molar-refractivity contribution in [1.82, 2.24) is 20.4 Å². The lowest BCUT2D eigenvalue weighted by Gasteiger charge is -2.28. The van der Waals surface area contributed by atoms with E-state index in [1.807, 2.05) is 36.4 Å². The number of carbonyl (C=O) groups excluding carboxylic acids is 2. The molecule has 2 aromatic rings. The highest BCUT2D eigenvalue weighted by atomic mass is 16.2. The molecule has 4 rings (SSSR count). The third-order valence-corrected chi connectivity index (χ3v) is 4.71. The van der Waals surface area contributed by atoms with Crippen molar-refractivity contribution in [2.75, 3.05) is 13.1 Å². The summed E-state index contributed by atoms with van der Waals surface area (Å²) in [5, 5.41) is 10.0. The SMILES string of the molecule is O=C1CC(c2ccccc2)N(C(=O)c2cc(C3CC3)[nH]n2)CCN1. The first kappa shape index (κ1) is 14.9. The Morgan fingerprint density at radius 2 is 2.00 bits per heavy atom. The zero-order valence-corrected chi connectivity index (χ0v) is 13.4. The summed E-state index contributed by atoms with van der Waals surface area (Å²) in [5.41, 5.74) is 2.45. The van der Waals surface area contributed by atoms with Crippen LogP contribution in [0.5, 0.6) is 0 Å². The van der Waals surface area contributed by atoms with E-state index < -0.39 is 0 Å². The van der Waals surface area contributed by atoms with Gasteiger partial charge in [-0.15, -0.1) is 0 Å². The molecule has 124 valence electrons. The van der Waals surface area contributed by atoms with Crippen molar-refractivity contribution >= 4 is 11.8 Å². The first-order valence-electron chi connectivity index (χ1n) is 8.40. The van der Waals surface area contributed by atoms with E-state index in [9.17, 15) is 9.59 Å². The fourth-order valence-corrected chi connectivity index (χ4v) is 3.24. The number of amides is 2. The Morgan fingerprint density at radius 3 is 2.75 bits per heavy atom. The van der Waals surface area contributed by atoms with Gasteiger partial charge in [-0.1, -0.05) is 30.3 Å². The molecule has 0 spiro atoms. The lowest BCUT2D eigenvalue weighted by atomic mass is 10.0. The summed E-state index contributed by atoms with van der Waals surface area (Å²) in [6.07, 6.45) is 2.59. The highest BCUT2D eigenvalue weighted by Gasteiger charge is 2.32. The van der Waals surface area contributed by atoms with E-state index in [1.165, 1.54) is 0 Å². The summed E-state index contributed by atoms with van der Waals surface area (Å²) in [6, 6.07) is 11.3. The molecule has 6 nitrogen and oxygen atoms in total. The van der Waals surface area contributed by atoms with Crippen molar-refractivity contribution in [3.63, 3.8) is 0 Å². The average molecular weight is 324 g/mol. The Bertz CT molecular complexity index is 751. The van der Waals surface area contributed by atoms with E-state index in [-0.39, 0.29) is 24.3 Å². The van der Waals surface area contributed by atoms with Gasteiger partial charge in [0.1, 0.15) is 5.69 Å². The molecule has 1 atom stereocenters. The molecular formula is C18H20N4O2. The van der Waals surface area contributed by atoms with Crippen LogP contribution in [0, 0.1) is 0 Å². The number of aromatic amines is 1. The number of benzene rings is 1. The lowest BCUT2D eigenvalue weighted by Crippen LogP contribution is -2.36. The van der Waals surface area contributed by atoms with Gasteiger partial charge in [0, 0.05) is 24.7 Å². The highest BCUT2D eigenvalue weighted by Crippen LogP contribution is 2.39. The van der Waals surface area contributed by atoms with Crippen LogP contribution in [-0.4, -0.2) is 40.0 Å². The van der Waals surface area contributed by atoms with Gasteiger partial charge in [-0.3, -0.25) is 14.7 Å². The maximum Gasteiger partial charge on any atom is 0.274 e. The van der Waals surface area contributed by atoms with Crippen LogP contribution in [0.2, 0.25) is 0 Å². The average Bonchev–Trinajstić information content (AvgIpc) is 3.37. The number of carbonyl (C=O) groups is 2. The number of H-pyrrole nitrogens is 1. The van der Waals surface area contributed by atoms with Crippen molar-refractivity contribution in [3.05, 3.63) is 53.3 Å². The van der Waals surface area contributed by atoms with Crippen LogP contribution in [0.1, 0.15) is 53.0 Å². The first-order chi connectivity index (χ1) is 11.7. The van der Waals surface area contributed by atoms with Crippen molar-refractivity contribution in [2.24, 2.45) is 0 Å². The summed E-state index contributed by atoms with van der Waals surface area (Å²) >= 11 is 0. The summed E-state index contributed by atoms with van der Waals surface area (Å²) in [5.74, 6) is 0.375. The van der Waals surface area contributed by atoms with E-state index in [0.29, 0.717) is 24.7 Å². The van der Waals surface area contributed by atoms with Crippen LogP contribution < -0.4 is 5.32 Å². The fourth-order valence-electron chi connectivity index (χ4n) is 3.24. The Hall–Kier alpha value is -2.63. The number of nitrogens with one attached hydrogen (secondary N) is 2. The van der Waals surface area contributed by atoms with Gasteiger partial charge in [-0.05, 0) is 24.5 Å². The molecule has 1 aromatic heterocycles. The number of nitrogens with zero attached hydrogens (tertiary/aromatic N) is 2. The lowest BCUT2D eigenvalue weighted by molar-refractivity contribution is -0.121. The van der Waals surface area contributed by atoms with Crippen LogP contribution in [0.4, 0.5) is 0 Å². The predicted molar refractivity (Wildman–Crippen MR) is 88.4 cm³/mol. The number of rotatable bonds is 3. The van der Waals surface area contributed by atoms with Gasteiger partial charge in [0.25, 0.3) is 5.91 Å². The third kappa shape index (κ3) is 2.91. The molecule has 24 heavy (non-hydrogen) atoms. The van der Waals surface area contributed by atoms with E-state index in [4.69, 9.17) is 0 Å². The van der Waals surface area contributed by atoms with E-state index in [2.05, 4.69) is 15.5 Å². The Labute approximate surface area is 140 Å². The monoisotopic (exact) mass is 324 g/mol. The highest BCUT2D eigenvalue weighted by molar-refractivity contribution is 5.93. The maximum absolute atomic E-state index is 13.0. The minimum atomic E-state index is -0.262. The minimum Gasteiger partial charge on any atom is -0.354 e. The second-order valence-electron chi connectivity index (χ2n) is 6.46. The number of hydrogen-bond acceptors (Lipinski definition) is 3. The molecule has 2 N–H and O–H groups in total. The topological polar surface area (TPSA) is 78.1 Å².